The van der Waals surface area contributed by atoms with Crippen LogP contribution in [0, 0.1) is 0 Å². The van der Waals surface area contributed by atoms with Gasteiger partial charge in [-0.2, -0.15) is 0 Å². The molecule has 6 aliphatic heterocycles. The highest BCUT2D eigenvalue weighted by molar-refractivity contribution is 5.77. The van der Waals surface area contributed by atoms with Gasteiger partial charge in [0.15, 0.2) is 31.5 Å². The van der Waals surface area contributed by atoms with Gasteiger partial charge in [0.1, 0.15) is 134 Å². The minimum Gasteiger partial charge on any atom is -0.477 e. The second-order valence-corrected chi connectivity index (χ2v) is 20.4. The number of aliphatic hydroxyl groups is 17. The summed E-state index contributed by atoms with van der Waals surface area (Å²) in [6.45, 7) is -1.03. The van der Waals surface area contributed by atoms with E-state index >= 15 is 0 Å². The van der Waals surface area contributed by atoms with Gasteiger partial charge in [-0.25, -0.2) is 4.79 Å². The molecule has 468 valence electrons. The molecule has 81 heavy (non-hydrogen) atoms. The Bertz CT molecular complexity index is 2070. The van der Waals surface area contributed by atoms with Crippen LogP contribution in [0.25, 0.3) is 0 Å². The van der Waals surface area contributed by atoms with Gasteiger partial charge in [0.05, 0.1) is 51.3 Å². The van der Waals surface area contributed by atoms with Crippen LogP contribution in [0.3, 0.4) is 0 Å². The number of hydrogen-bond acceptors (Lipinski definition) is 32. The molecule has 6 heterocycles. The van der Waals surface area contributed by atoms with Crippen LogP contribution in [-0.4, -0.2) is 338 Å². The zero-order chi connectivity index (χ0) is 60.3. The normalized spacial score (nSPS) is 46.7. The summed E-state index contributed by atoms with van der Waals surface area (Å²) >= 11 is 0. The number of amides is 3. The van der Waals surface area contributed by atoms with E-state index < -0.39 is 253 Å². The van der Waals surface area contributed by atoms with Gasteiger partial charge < -0.3 is 160 Å². The van der Waals surface area contributed by atoms with Crippen LogP contribution in [-0.2, 0) is 71.3 Å². The molecule has 21 N–H and O–H groups in total. The molecule has 0 aromatic carbocycles. The molecule has 6 saturated heterocycles. The lowest BCUT2D eigenvalue weighted by Crippen LogP contribution is -2.70. The summed E-state index contributed by atoms with van der Waals surface area (Å²) in [5, 5.41) is 201. The van der Waals surface area contributed by atoms with Crippen molar-refractivity contribution in [2.24, 2.45) is 0 Å². The van der Waals surface area contributed by atoms with Crippen molar-refractivity contribution in [3.05, 3.63) is 0 Å². The fourth-order valence-corrected chi connectivity index (χ4v) is 10.2. The fraction of sp³-hybridized carbons (Fsp3) is 0.911. The number of ether oxygens (including phenoxy) is 11. The zero-order valence-corrected chi connectivity index (χ0v) is 43.7. The van der Waals surface area contributed by atoms with Crippen LogP contribution < -0.4 is 16.0 Å². The molecular formula is C45H75N3O33. The maximum Gasteiger partial charge on any atom is 0.364 e. The van der Waals surface area contributed by atoms with Crippen molar-refractivity contribution < 1.29 is 163 Å². The molecule has 0 bridgehead atoms. The van der Waals surface area contributed by atoms with E-state index in [9.17, 15) is 111 Å². The van der Waals surface area contributed by atoms with Gasteiger partial charge in [0.2, 0.25) is 17.7 Å². The van der Waals surface area contributed by atoms with E-state index in [4.69, 9.17) is 52.1 Å². The first kappa shape index (κ1) is 66.9. The number of carboxylic acid groups (broad SMARTS) is 1. The van der Waals surface area contributed by atoms with E-state index in [1.807, 2.05) is 0 Å². The Balaban J connectivity index is 1.20. The van der Waals surface area contributed by atoms with Crippen molar-refractivity contribution in [2.75, 3.05) is 33.0 Å². The van der Waals surface area contributed by atoms with Crippen LogP contribution in [0.4, 0.5) is 0 Å². The Morgan fingerprint density at radius 3 is 1.57 bits per heavy atom. The summed E-state index contributed by atoms with van der Waals surface area (Å²) < 4.78 is 63.0. The van der Waals surface area contributed by atoms with E-state index in [0.717, 1.165) is 20.8 Å². The van der Waals surface area contributed by atoms with Crippen LogP contribution in [0.15, 0.2) is 0 Å². The molecule has 36 heteroatoms. The molecule has 0 aromatic heterocycles. The topological polar surface area (TPSA) is 570 Å². The summed E-state index contributed by atoms with van der Waals surface area (Å²) in [5.74, 6) is -7.48. The number of rotatable bonds is 21. The third kappa shape index (κ3) is 14.7. The van der Waals surface area contributed by atoms with E-state index in [1.54, 1.807) is 0 Å². The summed E-state index contributed by atoms with van der Waals surface area (Å²) in [4.78, 5) is 49.8. The molecular weight excluding hydrogens is 1110 g/mol. The van der Waals surface area contributed by atoms with Crippen molar-refractivity contribution in [3.63, 3.8) is 0 Å². The number of carboxylic acids is 1. The molecule has 0 spiro atoms. The minimum absolute atomic E-state index is 0.789. The summed E-state index contributed by atoms with van der Waals surface area (Å²) in [5.41, 5.74) is 0. The molecule has 0 radical (unpaired) electrons. The highest BCUT2D eigenvalue weighted by atomic mass is 16.8. The number of aliphatic carboxylic acids is 1. The predicted molar refractivity (Wildman–Crippen MR) is 250 cm³/mol. The van der Waals surface area contributed by atoms with Gasteiger partial charge in [-0.05, 0) is 6.92 Å². The Hall–Kier alpha value is -3.24. The Labute approximate surface area is 459 Å². The van der Waals surface area contributed by atoms with Crippen molar-refractivity contribution in [1.29, 1.82) is 0 Å². The third-order valence-electron chi connectivity index (χ3n) is 14.6. The molecule has 6 fully saturated rings. The first-order chi connectivity index (χ1) is 38.0. The maximum atomic E-state index is 12.8. The van der Waals surface area contributed by atoms with Gasteiger partial charge in [0.25, 0.3) is 5.79 Å². The number of carbonyl (C=O) groups is 4. The second kappa shape index (κ2) is 28.3. The Kier molecular flexibility index (Phi) is 23.4. The largest absolute Gasteiger partial charge is 0.477 e. The zero-order valence-electron chi connectivity index (χ0n) is 43.7. The molecule has 3 amide bonds. The first-order valence-electron chi connectivity index (χ1n) is 25.6. The summed E-state index contributed by atoms with van der Waals surface area (Å²) in [7, 11) is 0. The molecule has 0 saturated carbocycles. The lowest BCUT2D eigenvalue weighted by molar-refractivity contribution is -0.389. The number of aliphatic hydroxyl groups excluding tert-OH is 17. The van der Waals surface area contributed by atoms with Crippen LogP contribution >= 0.6 is 0 Å². The van der Waals surface area contributed by atoms with Gasteiger partial charge in [0, 0.05) is 27.2 Å². The number of hydrogen-bond donors (Lipinski definition) is 21. The SMILES string of the molecule is CC(=O)N[C@@H]1[C@@H](O[C@@H]2O[C@H](CO)[C@H](O[C@@H]3O[C@H](CO)[C@@H](O[C@@H]4O[C@H](CO)[C@H](O)[C@H](O)[C@H]4O[C@@H]4O[C@@H](C)[C@@H](O)[C@@H](O)[C@@H]4O)[C@H](O)[C@H]3NC(C)=O)[C@H](O)[C@H]2O)[C@@H](O)[C@@H](CO[C@]2(C(=O)O)C[C@H](O)[C@@H](NC(C)=O)[C@H]([C@H](O)[C@H](O)CO)O2)O[C@@H]1O. The van der Waals surface area contributed by atoms with Crippen molar-refractivity contribution in [2.45, 2.75) is 224 Å². The van der Waals surface area contributed by atoms with Gasteiger partial charge in [-0.15, -0.1) is 0 Å². The van der Waals surface area contributed by atoms with E-state index in [2.05, 4.69) is 16.0 Å². The van der Waals surface area contributed by atoms with Crippen LogP contribution in [0.1, 0.15) is 34.1 Å². The Morgan fingerprint density at radius 2 is 1.00 bits per heavy atom. The molecule has 0 aliphatic carbocycles. The minimum atomic E-state index is -2.99. The summed E-state index contributed by atoms with van der Waals surface area (Å²) in [6, 6.07) is -5.18. The molecule has 6 rings (SSSR count). The lowest BCUT2D eigenvalue weighted by atomic mass is 9.88. The van der Waals surface area contributed by atoms with Crippen LogP contribution in [0.2, 0.25) is 0 Å². The molecule has 36 nitrogen and oxygen atoms in total. The van der Waals surface area contributed by atoms with Gasteiger partial charge in [-0.3, -0.25) is 14.4 Å². The fourth-order valence-electron chi connectivity index (χ4n) is 10.2. The molecule has 6 aliphatic rings. The standard InChI is InChI=1S/C45H75N3O33/c1-11-24(58)29(63)32(66)41(72-11)80-38-30(64)26(60)17(7-50)74-43(38)78-34-18(8-51)75-40(22(28(34)62)47-13(3)54)77-35-19(9-52)76-42(33(67)31(35)65)79-36-23(48-14(4)55)39(68)73-20(27(36)61)10-71-45(44(69)70)5-15(56)21(46-12(2)53)37(81-45)25(59)16(57)6-49/h11,15-43,49-52,56-68H,5-10H2,1-4H3,(H,46,53)(H,47,54)(H,48,55)(H,69,70)/t11-,15-,16+,17+,18+,19+,20+,21+,22+,23+,24+,25+,26-,27-,28+,29+,30-,31+,32-,33+,34+,35-,36+,37+,38+,39-,40-,41-,42-,43-,45+/m0/s1. The van der Waals surface area contributed by atoms with Crippen molar-refractivity contribution in [3.8, 4) is 0 Å². The number of nitrogens with one attached hydrogen (secondary N) is 3. The van der Waals surface area contributed by atoms with Crippen molar-refractivity contribution >= 4 is 23.7 Å². The summed E-state index contributed by atoms with van der Waals surface area (Å²) in [6.07, 6.45) is -53.3. The van der Waals surface area contributed by atoms with Crippen LogP contribution in [0.5, 0.6) is 0 Å². The lowest BCUT2D eigenvalue weighted by Gasteiger charge is -2.50. The quantitative estimate of drug-likeness (QED) is 0.0507. The average Bonchev–Trinajstić information content (AvgIpc) is 3.58. The van der Waals surface area contributed by atoms with Crippen molar-refractivity contribution in [1.82, 2.24) is 16.0 Å². The molecule has 0 unspecified atom stereocenters. The first-order valence-corrected chi connectivity index (χ1v) is 25.6. The Morgan fingerprint density at radius 1 is 0.519 bits per heavy atom. The van der Waals surface area contributed by atoms with E-state index in [0.29, 0.717) is 0 Å². The average molecular weight is 1190 g/mol. The smallest absolute Gasteiger partial charge is 0.364 e. The number of carbonyl (C=O) groups excluding carboxylic acids is 3. The van der Waals surface area contributed by atoms with Gasteiger partial charge >= 0.3 is 5.97 Å². The molecule has 31 atom stereocenters. The highest BCUT2D eigenvalue weighted by Crippen LogP contribution is 2.38. The van der Waals surface area contributed by atoms with E-state index in [-0.39, 0.29) is 0 Å². The third-order valence-corrected chi connectivity index (χ3v) is 14.6. The monoisotopic (exact) mass is 1190 g/mol. The van der Waals surface area contributed by atoms with Gasteiger partial charge in [-0.1, -0.05) is 0 Å². The molecule has 0 aromatic rings. The van der Waals surface area contributed by atoms with E-state index in [1.165, 1.54) is 6.92 Å². The second-order valence-electron chi connectivity index (χ2n) is 20.4. The highest BCUT2D eigenvalue weighted by Gasteiger charge is 2.60. The predicted octanol–water partition coefficient (Wildman–Crippen LogP) is -13.4. The maximum absolute atomic E-state index is 12.8.